The van der Waals surface area contributed by atoms with Gasteiger partial charge in [-0.2, -0.15) is 0 Å². The molecule has 6 heterocycles. The minimum atomic E-state index is 1.15. The number of hydrogen-bond acceptors (Lipinski definition) is 0. The van der Waals surface area contributed by atoms with Crippen LogP contribution in [-0.2, 0) is 0 Å². The van der Waals surface area contributed by atoms with Crippen molar-refractivity contribution in [3.8, 4) is 67.5 Å². The van der Waals surface area contributed by atoms with E-state index < -0.39 is 0 Å². The van der Waals surface area contributed by atoms with Gasteiger partial charge in [0.25, 0.3) is 0 Å². The molecule has 6 aromatic heterocycles. The summed E-state index contributed by atoms with van der Waals surface area (Å²) in [7, 11) is 0. The van der Waals surface area contributed by atoms with E-state index in [4.69, 9.17) is 0 Å². The van der Waals surface area contributed by atoms with Gasteiger partial charge >= 0.3 is 0 Å². The Bertz CT molecular complexity index is 9390. The van der Waals surface area contributed by atoms with E-state index in [0.29, 0.717) is 0 Å². The van der Waals surface area contributed by atoms with Gasteiger partial charge < -0.3 is 27.4 Å². The molecule has 0 radical (unpaired) electrons. The van der Waals surface area contributed by atoms with Gasteiger partial charge in [0.1, 0.15) is 0 Å². The van der Waals surface area contributed by atoms with Crippen LogP contribution in [0, 0.1) is 0 Å². The lowest BCUT2D eigenvalue weighted by Gasteiger charge is -2.15. The van der Waals surface area contributed by atoms with Crippen LogP contribution in [0.2, 0.25) is 0 Å². The monoisotopic (exact) mass is 1650 g/mol. The van der Waals surface area contributed by atoms with E-state index in [0.717, 1.165) is 22.7 Å². The first-order valence-corrected chi connectivity index (χ1v) is 44.7. The summed E-state index contributed by atoms with van der Waals surface area (Å²) >= 11 is 0. The van der Waals surface area contributed by atoms with Crippen LogP contribution < -0.4 is 0 Å². The fourth-order valence-corrected chi connectivity index (χ4v) is 21.1. The molecule has 6 nitrogen and oxygen atoms in total. The third kappa shape index (κ3) is 12.0. The summed E-state index contributed by atoms with van der Waals surface area (Å²) in [6.07, 6.45) is 6.57. The Kier molecular flexibility index (Phi) is 17.2. The molecule has 28 rings (SSSR count). The second-order valence-corrected chi connectivity index (χ2v) is 34.3. The van der Waals surface area contributed by atoms with Crippen LogP contribution in [0.3, 0.4) is 0 Å². The first kappa shape index (κ1) is 74.1. The number of nitrogens with zero attached hydrogens (tertiary/aromatic N) is 6. The molecule has 606 valence electrons. The van der Waals surface area contributed by atoms with Gasteiger partial charge in [-0.15, -0.1) is 0 Å². The molecule has 0 unspecified atom stereocenters. The number of rotatable bonds is 9. The fourth-order valence-electron chi connectivity index (χ4n) is 21.1. The Labute approximate surface area is 748 Å². The second kappa shape index (κ2) is 30.2. The molecule has 130 heavy (non-hydrogen) atoms. The van der Waals surface area contributed by atoms with E-state index in [2.05, 4.69) is 513 Å². The van der Waals surface area contributed by atoms with Crippen molar-refractivity contribution < 1.29 is 0 Å². The van der Waals surface area contributed by atoms with E-state index in [9.17, 15) is 0 Å². The van der Waals surface area contributed by atoms with Crippen molar-refractivity contribution in [1.82, 2.24) is 27.4 Å². The van der Waals surface area contributed by atoms with Crippen LogP contribution in [-0.4, -0.2) is 27.4 Å². The van der Waals surface area contributed by atoms with E-state index >= 15 is 0 Å². The van der Waals surface area contributed by atoms with Crippen LogP contribution in [0.1, 0.15) is 0 Å². The Morgan fingerprint density at radius 3 is 0.854 bits per heavy atom. The number of para-hydroxylation sites is 6. The average molecular weight is 1650 g/mol. The van der Waals surface area contributed by atoms with E-state index in [1.165, 1.54) is 218 Å². The molecule has 28 aromatic rings. The van der Waals surface area contributed by atoms with Crippen LogP contribution >= 0.6 is 0 Å². The van der Waals surface area contributed by atoms with Gasteiger partial charge in [-0.1, -0.05) is 340 Å². The lowest BCUT2D eigenvalue weighted by Crippen LogP contribution is -1.98. The molecule has 22 aromatic carbocycles. The summed E-state index contributed by atoms with van der Waals surface area (Å²) in [5.41, 5.74) is 25.3. The molecule has 0 bridgehead atoms. The molecule has 0 saturated carbocycles. The summed E-state index contributed by atoms with van der Waals surface area (Å²) in [6.45, 7) is 0. The summed E-state index contributed by atoms with van der Waals surface area (Å²) < 4.78 is 14.3. The average Bonchev–Trinajstić information content (AvgIpc) is 1.56. The maximum atomic E-state index is 2.46. The van der Waals surface area contributed by atoms with Gasteiger partial charge in [0.05, 0.1) is 49.7 Å². The normalized spacial score (nSPS) is 11.8. The topological polar surface area (TPSA) is 29.6 Å². The molecular formula is C124H80N6. The zero-order valence-electron chi connectivity index (χ0n) is 70.9. The standard InChI is InChI=1S/C50H32N2.C40H26N2.C34H22N2/c1-3-12-33(13-4-1)36-23-25-42-43-26-24-37(32-47(43)41-19-8-7-18-40(41)46(42)31-36)35-14-11-17-39(30-35)52-48-21-10-9-20-44(48)45-27-22-34-28-29-51(49(34)50(45)52)38-15-5-2-6-16-38;1-2-9-32(10-3-1)41-25-24-29-18-23-37-36-12-6-7-13-38(36)42(40(37)39(29)41)33-20-16-27(17-21-33)30-19-22-35-31(26-30)15-14-28-8-4-5-11-34(28)35;1-2-9-26(10-3-1)35-21-20-24-16-18-31-30-12-6-7-13-32(30)36(34(31)33(24)35)27-17-19-29-25(22-27)15-14-23-8-4-5-11-28(23)29/h1-32H;1-26H;1-22H. The van der Waals surface area contributed by atoms with Crippen molar-refractivity contribution in [2.45, 2.75) is 0 Å². The third-order valence-electron chi connectivity index (χ3n) is 27.1. The summed E-state index contributed by atoms with van der Waals surface area (Å²) in [5, 5.41) is 29.2. The molecule has 0 amide bonds. The summed E-state index contributed by atoms with van der Waals surface area (Å²) in [4.78, 5) is 0. The van der Waals surface area contributed by atoms with Gasteiger partial charge in [-0.05, 0) is 236 Å². The molecule has 0 aliphatic rings. The number of benzene rings is 22. The highest BCUT2D eigenvalue weighted by atomic mass is 15.1. The molecule has 0 atom stereocenters. The summed E-state index contributed by atoms with van der Waals surface area (Å²) in [5.74, 6) is 0. The molecule has 0 saturated heterocycles. The molecule has 0 spiro atoms. The Morgan fingerprint density at radius 2 is 0.392 bits per heavy atom. The maximum absolute atomic E-state index is 2.46. The molecule has 0 aliphatic carbocycles. The van der Waals surface area contributed by atoms with Crippen molar-refractivity contribution in [3.63, 3.8) is 0 Å². The zero-order valence-corrected chi connectivity index (χ0v) is 70.9. The Balaban J connectivity index is 0.000000105. The number of aromatic nitrogens is 6. The lowest BCUT2D eigenvalue weighted by atomic mass is 9.90. The molecular weight excluding hydrogens is 1570 g/mol. The van der Waals surface area contributed by atoms with Crippen molar-refractivity contribution in [2.75, 3.05) is 0 Å². The highest BCUT2D eigenvalue weighted by Crippen LogP contribution is 2.46. The van der Waals surface area contributed by atoms with Gasteiger partial charge in [0.2, 0.25) is 0 Å². The predicted molar refractivity (Wildman–Crippen MR) is 552 cm³/mol. The Morgan fingerprint density at radius 1 is 0.115 bits per heavy atom. The van der Waals surface area contributed by atoms with Crippen molar-refractivity contribution >= 4 is 174 Å². The third-order valence-corrected chi connectivity index (χ3v) is 27.1. The van der Waals surface area contributed by atoms with Crippen LogP contribution in [0.4, 0.5) is 0 Å². The molecule has 0 N–H and O–H groups in total. The molecule has 0 fully saturated rings. The van der Waals surface area contributed by atoms with Gasteiger partial charge in [0, 0.05) is 101 Å². The van der Waals surface area contributed by atoms with E-state index in [1.807, 2.05) is 0 Å². The maximum Gasteiger partial charge on any atom is 0.0788 e. The zero-order chi connectivity index (χ0) is 85.4. The number of hydrogen-bond donors (Lipinski definition) is 0. The van der Waals surface area contributed by atoms with E-state index in [-0.39, 0.29) is 0 Å². The first-order chi connectivity index (χ1) is 64.5. The van der Waals surface area contributed by atoms with Crippen LogP contribution in [0.5, 0.6) is 0 Å². The van der Waals surface area contributed by atoms with Gasteiger partial charge in [-0.3, -0.25) is 0 Å². The number of fused-ring (bicyclic) bond motifs is 27. The van der Waals surface area contributed by atoms with E-state index in [1.54, 1.807) is 0 Å². The van der Waals surface area contributed by atoms with Crippen LogP contribution in [0.15, 0.2) is 486 Å². The van der Waals surface area contributed by atoms with Crippen molar-refractivity contribution in [3.05, 3.63) is 486 Å². The lowest BCUT2D eigenvalue weighted by molar-refractivity contribution is 1.12. The summed E-state index contributed by atoms with van der Waals surface area (Å²) in [6, 6.07) is 170. The molecule has 0 aliphatic heterocycles. The van der Waals surface area contributed by atoms with Gasteiger partial charge in [-0.25, -0.2) is 0 Å². The highest BCUT2D eigenvalue weighted by Gasteiger charge is 2.24. The highest BCUT2D eigenvalue weighted by molar-refractivity contribution is 6.27. The van der Waals surface area contributed by atoms with Crippen molar-refractivity contribution in [1.29, 1.82) is 0 Å². The van der Waals surface area contributed by atoms with Gasteiger partial charge in [0.15, 0.2) is 0 Å². The minimum Gasteiger partial charge on any atom is -0.315 e. The van der Waals surface area contributed by atoms with Crippen LogP contribution in [0.25, 0.3) is 241 Å². The molecule has 6 heteroatoms. The fraction of sp³-hybridized carbons (Fsp3) is 0. The minimum absolute atomic E-state index is 1.15. The first-order valence-electron chi connectivity index (χ1n) is 44.7. The Hall–Kier alpha value is -17.3. The largest absolute Gasteiger partial charge is 0.315 e. The SMILES string of the molecule is c1ccc(-c2ccc3c4ccc(-c5cccc(-n6c7ccccc7c7ccc8ccn(-c9ccccc9)c8c76)c5)cc4c4ccccc4c3c2)cc1.c1ccc(-n2ccc3ccc4c5ccccc5n(-c5ccc(-c6ccc7c(ccc8ccccc87)c6)cc5)c4c32)cc1.c1ccc(-n2ccc3ccc4c5ccccc5n(-c5ccc6c(ccc7ccccc76)c5)c4c32)cc1. The predicted octanol–water partition coefficient (Wildman–Crippen LogP) is 33.3. The second-order valence-electron chi connectivity index (χ2n) is 34.3. The van der Waals surface area contributed by atoms with Crippen molar-refractivity contribution in [2.24, 2.45) is 0 Å². The quantitative estimate of drug-likeness (QED) is 0.129. The smallest absolute Gasteiger partial charge is 0.0788 e.